The molecule has 0 radical (unpaired) electrons. The minimum Gasteiger partial charge on any atom is -0.368 e. The van der Waals surface area contributed by atoms with Crippen LogP contribution in [0.1, 0.15) is 66.2 Å². The molecule has 2 saturated heterocycles. The van der Waals surface area contributed by atoms with Crippen LogP contribution in [0, 0.1) is 17.8 Å². The van der Waals surface area contributed by atoms with Gasteiger partial charge in [0.2, 0.25) is 0 Å². The fraction of sp³-hybridized carbons (Fsp3) is 0.947. The number of fused-ring (bicyclic) bond motifs is 3. The molecular formula is C19H29ClO3. The lowest BCUT2D eigenvalue weighted by Gasteiger charge is -2.54. The van der Waals surface area contributed by atoms with E-state index in [-0.39, 0.29) is 34.2 Å². The summed E-state index contributed by atoms with van der Waals surface area (Å²) in [5.74, 6) is 1.38. The molecule has 2 heterocycles. The third-order valence-electron chi connectivity index (χ3n) is 7.22. The number of hydrogen-bond donors (Lipinski definition) is 0. The molecule has 2 aliphatic carbocycles. The van der Waals surface area contributed by atoms with Gasteiger partial charge in [0.05, 0.1) is 28.3 Å². The molecule has 4 aliphatic rings. The maximum atomic E-state index is 12.5. The highest BCUT2D eigenvalue weighted by Crippen LogP contribution is 2.60. The summed E-state index contributed by atoms with van der Waals surface area (Å²) in [6, 6.07) is 0. The number of ether oxygens (including phenoxy) is 2. The highest BCUT2D eigenvalue weighted by Gasteiger charge is 2.66. The Hall–Kier alpha value is -0.120. The Morgan fingerprint density at radius 3 is 2.43 bits per heavy atom. The van der Waals surface area contributed by atoms with E-state index in [2.05, 4.69) is 27.7 Å². The summed E-state index contributed by atoms with van der Waals surface area (Å²) >= 11 is 6.49. The van der Waals surface area contributed by atoms with Gasteiger partial charge >= 0.3 is 0 Å². The van der Waals surface area contributed by atoms with Gasteiger partial charge in [-0.3, -0.25) is 4.79 Å². The summed E-state index contributed by atoms with van der Waals surface area (Å²) in [5, 5.41) is 0.0605. The van der Waals surface area contributed by atoms with Gasteiger partial charge in [-0.1, -0.05) is 0 Å². The highest BCUT2D eigenvalue weighted by atomic mass is 35.5. The average Bonchev–Trinajstić information content (AvgIpc) is 3.15. The van der Waals surface area contributed by atoms with Crippen LogP contribution in [0.4, 0.5) is 0 Å². The van der Waals surface area contributed by atoms with Gasteiger partial charge in [0.15, 0.2) is 0 Å². The van der Waals surface area contributed by atoms with Gasteiger partial charge in [-0.15, -0.1) is 11.6 Å². The Morgan fingerprint density at radius 2 is 1.74 bits per heavy atom. The topological polar surface area (TPSA) is 38.8 Å². The molecule has 0 aromatic heterocycles. The van der Waals surface area contributed by atoms with Crippen LogP contribution in [0.15, 0.2) is 0 Å². The van der Waals surface area contributed by atoms with Crippen molar-refractivity contribution in [2.45, 2.75) is 94.5 Å². The van der Waals surface area contributed by atoms with Crippen molar-refractivity contribution in [3.8, 4) is 0 Å². The van der Waals surface area contributed by atoms with E-state index in [9.17, 15) is 4.79 Å². The molecule has 0 bridgehead atoms. The lowest BCUT2D eigenvalue weighted by atomic mass is 9.57. The lowest BCUT2D eigenvalue weighted by Crippen LogP contribution is -2.58. The first-order valence-corrected chi connectivity index (χ1v) is 9.65. The van der Waals surface area contributed by atoms with Crippen molar-refractivity contribution in [1.82, 2.24) is 0 Å². The van der Waals surface area contributed by atoms with E-state index in [0.29, 0.717) is 24.0 Å². The largest absolute Gasteiger partial charge is 0.368 e. The van der Waals surface area contributed by atoms with E-state index >= 15 is 0 Å². The summed E-state index contributed by atoms with van der Waals surface area (Å²) in [7, 11) is 0. The first-order valence-electron chi connectivity index (χ1n) is 9.21. The fourth-order valence-corrected chi connectivity index (χ4v) is 5.94. The second-order valence-corrected chi connectivity index (χ2v) is 9.74. The number of Topliss-reactive ketones (excluding diaryl/α,β-unsaturated/α-hetero) is 1. The predicted molar refractivity (Wildman–Crippen MR) is 89.7 cm³/mol. The molecule has 0 spiro atoms. The molecule has 0 aromatic carbocycles. The number of epoxide rings is 1. The third-order valence-corrected chi connectivity index (χ3v) is 7.96. The van der Waals surface area contributed by atoms with E-state index in [0.717, 1.165) is 32.1 Å². The van der Waals surface area contributed by atoms with Crippen molar-refractivity contribution in [2.75, 3.05) is 0 Å². The van der Waals surface area contributed by atoms with Crippen molar-refractivity contribution in [1.29, 1.82) is 0 Å². The quantitative estimate of drug-likeness (QED) is 0.532. The molecule has 4 heteroatoms. The molecule has 2 saturated carbocycles. The summed E-state index contributed by atoms with van der Waals surface area (Å²) in [6.07, 6.45) is 5.89. The normalized spacial score (nSPS) is 55.0. The lowest BCUT2D eigenvalue weighted by molar-refractivity contribution is -0.206. The first-order chi connectivity index (χ1) is 10.7. The smallest absolute Gasteiger partial charge is 0.136 e. The molecular weight excluding hydrogens is 312 g/mol. The second-order valence-electron chi connectivity index (χ2n) is 9.21. The standard InChI is InChI=1S/C19H29ClO3/c1-17(2)14(20)8-10-18(3,23-17)12-5-6-13(21)11-7-9-19(4)16(22-19)15(11)12/h11-12,14-16H,5-10H2,1-4H3/t11-,12?,14-,15-,16+,18+,19-/m0/s1. The number of rotatable bonds is 1. The third kappa shape index (κ3) is 2.41. The average molecular weight is 341 g/mol. The van der Waals surface area contributed by atoms with Gasteiger partial charge in [0, 0.05) is 18.3 Å². The van der Waals surface area contributed by atoms with Gasteiger partial charge in [-0.05, 0) is 65.7 Å². The maximum Gasteiger partial charge on any atom is 0.136 e. The molecule has 4 fully saturated rings. The fourth-order valence-electron chi connectivity index (χ4n) is 5.78. The molecule has 23 heavy (non-hydrogen) atoms. The molecule has 7 atom stereocenters. The van der Waals surface area contributed by atoms with Crippen molar-refractivity contribution < 1.29 is 14.3 Å². The molecule has 0 aromatic rings. The predicted octanol–water partition coefficient (Wildman–Crippen LogP) is 4.10. The van der Waals surface area contributed by atoms with Gasteiger partial charge in [0.25, 0.3) is 0 Å². The van der Waals surface area contributed by atoms with Crippen LogP contribution in [-0.4, -0.2) is 34.1 Å². The zero-order valence-corrected chi connectivity index (χ0v) is 15.5. The van der Waals surface area contributed by atoms with E-state index in [1.807, 2.05) is 0 Å². The highest BCUT2D eigenvalue weighted by molar-refractivity contribution is 6.21. The number of halogens is 1. The Bertz CT molecular complexity index is 533. The number of hydrogen-bond acceptors (Lipinski definition) is 3. The molecule has 4 rings (SSSR count). The van der Waals surface area contributed by atoms with E-state index in [4.69, 9.17) is 21.1 Å². The van der Waals surface area contributed by atoms with Crippen molar-refractivity contribution in [3.05, 3.63) is 0 Å². The molecule has 2 aliphatic heterocycles. The van der Waals surface area contributed by atoms with Crippen LogP contribution in [0.3, 0.4) is 0 Å². The summed E-state index contributed by atoms with van der Waals surface area (Å²) in [5.41, 5.74) is -0.483. The summed E-state index contributed by atoms with van der Waals surface area (Å²) in [4.78, 5) is 12.5. The van der Waals surface area contributed by atoms with Gasteiger partial charge in [-0.25, -0.2) is 0 Å². The Labute approximate surface area is 144 Å². The number of ketones is 1. The number of alkyl halides is 1. The molecule has 3 nitrogen and oxygen atoms in total. The van der Waals surface area contributed by atoms with Crippen LogP contribution in [0.2, 0.25) is 0 Å². The van der Waals surface area contributed by atoms with Crippen LogP contribution in [-0.2, 0) is 14.3 Å². The Kier molecular flexibility index (Phi) is 3.52. The Balaban J connectivity index is 1.64. The first kappa shape index (κ1) is 16.4. The SMILES string of the molecule is CC1(C)O[C@@](C)(C2CCC(=O)[C@@H]3CC[C@]4(C)O[C@@H]4[C@H]23)CC[C@@H]1Cl. The molecule has 0 amide bonds. The van der Waals surface area contributed by atoms with Gasteiger partial charge < -0.3 is 9.47 Å². The Morgan fingerprint density at radius 1 is 1.04 bits per heavy atom. The minimum absolute atomic E-state index is 0.0204. The van der Waals surface area contributed by atoms with E-state index in [1.54, 1.807) is 0 Å². The zero-order valence-electron chi connectivity index (χ0n) is 14.7. The van der Waals surface area contributed by atoms with E-state index in [1.165, 1.54) is 0 Å². The van der Waals surface area contributed by atoms with Crippen LogP contribution in [0.5, 0.6) is 0 Å². The zero-order chi connectivity index (χ0) is 16.6. The maximum absolute atomic E-state index is 12.5. The van der Waals surface area contributed by atoms with Crippen molar-refractivity contribution in [3.63, 3.8) is 0 Å². The van der Waals surface area contributed by atoms with Crippen LogP contribution >= 0.6 is 11.6 Å². The molecule has 0 N–H and O–H groups in total. The van der Waals surface area contributed by atoms with Gasteiger partial charge in [-0.2, -0.15) is 0 Å². The number of carbonyl (C=O) groups excluding carboxylic acids is 1. The molecule has 130 valence electrons. The summed E-state index contributed by atoms with van der Waals surface area (Å²) in [6.45, 7) is 8.68. The van der Waals surface area contributed by atoms with Crippen molar-refractivity contribution in [2.24, 2.45) is 17.8 Å². The number of carbonyl (C=O) groups is 1. The summed E-state index contributed by atoms with van der Waals surface area (Å²) < 4.78 is 12.7. The van der Waals surface area contributed by atoms with Crippen LogP contribution < -0.4 is 0 Å². The monoisotopic (exact) mass is 340 g/mol. The van der Waals surface area contributed by atoms with Crippen molar-refractivity contribution >= 4 is 17.4 Å². The van der Waals surface area contributed by atoms with Crippen LogP contribution in [0.25, 0.3) is 0 Å². The van der Waals surface area contributed by atoms with Gasteiger partial charge in [0.1, 0.15) is 5.78 Å². The van der Waals surface area contributed by atoms with E-state index < -0.39 is 0 Å². The second kappa shape index (κ2) is 4.95. The molecule has 1 unspecified atom stereocenters. The minimum atomic E-state index is -0.312.